The number of hydrogen-bond donors (Lipinski definition) is 2. The maximum atomic E-state index is 12.8. The van der Waals surface area contributed by atoms with E-state index < -0.39 is 59.9 Å². The summed E-state index contributed by atoms with van der Waals surface area (Å²) in [4.78, 5) is 51.8. The van der Waals surface area contributed by atoms with Gasteiger partial charge in [-0.05, 0) is 13.8 Å². The number of thiazole rings is 1. The first-order valence-corrected chi connectivity index (χ1v) is 10.5. The van der Waals surface area contributed by atoms with E-state index in [4.69, 9.17) is 29.4 Å². The SMILES string of the molecule is CC(=O)O[C@@H]1[C@H](OC(C)=O)[C@@H](COC(=O)OC(C)C)O[C@H]1n1c(=O)sc2c1=NC(N)NC=2. The summed E-state index contributed by atoms with van der Waals surface area (Å²) in [6.07, 6.45) is -5.29. The number of rotatable bonds is 6. The number of esters is 2. The molecule has 1 saturated heterocycles. The molecule has 5 atom stereocenters. The second-order valence-electron chi connectivity index (χ2n) is 7.25. The summed E-state index contributed by atoms with van der Waals surface area (Å²) in [5.41, 5.74) is 6.01. The van der Waals surface area contributed by atoms with Crippen LogP contribution in [0.4, 0.5) is 4.79 Å². The second kappa shape index (κ2) is 9.67. The van der Waals surface area contributed by atoms with E-state index in [-0.39, 0.29) is 12.1 Å². The van der Waals surface area contributed by atoms with Gasteiger partial charge < -0.3 is 29.0 Å². The molecule has 1 fully saturated rings. The summed E-state index contributed by atoms with van der Waals surface area (Å²) in [6, 6.07) is 0. The molecule has 0 amide bonds. The Hall–Kier alpha value is -2.97. The fourth-order valence-corrected chi connectivity index (χ4v) is 4.09. The Morgan fingerprint density at radius 3 is 2.53 bits per heavy atom. The minimum absolute atomic E-state index is 0.218. The third-order valence-electron chi connectivity index (χ3n) is 4.33. The van der Waals surface area contributed by atoms with Crippen molar-refractivity contribution in [3.63, 3.8) is 0 Å². The third-order valence-corrected chi connectivity index (χ3v) is 5.22. The molecule has 1 unspecified atom stereocenters. The van der Waals surface area contributed by atoms with Crippen LogP contribution in [-0.4, -0.2) is 60.0 Å². The molecule has 14 heteroatoms. The van der Waals surface area contributed by atoms with Crippen LogP contribution in [0, 0.1) is 0 Å². The Balaban J connectivity index is 1.98. The van der Waals surface area contributed by atoms with Gasteiger partial charge in [0.15, 0.2) is 30.2 Å². The lowest BCUT2D eigenvalue weighted by Gasteiger charge is -2.23. The predicted octanol–water partition coefficient (Wildman–Crippen LogP) is -1.56. The summed E-state index contributed by atoms with van der Waals surface area (Å²) >= 11 is 0.874. The Morgan fingerprint density at radius 1 is 1.25 bits per heavy atom. The fourth-order valence-electron chi connectivity index (χ4n) is 3.25. The van der Waals surface area contributed by atoms with Crippen LogP contribution in [0.5, 0.6) is 0 Å². The van der Waals surface area contributed by atoms with Crippen molar-refractivity contribution in [2.45, 2.75) is 64.6 Å². The first kappa shape index (κ1) is 23.7. The molecular weight excluding hydrogens is 448 g/mol. The van der Waals surface area contributed by atoms with E-state index in [1.165, 1.54) is 10.8 Å². The van der Waals surface area contributed by atoms with Gasteiger partial charge in [-0.15, -0.1) is 0 Å². The zero-order valence-electron chi connectivity index (χ0n) is 17.8. The van der Waals surface area contributed by atoms with E-state index in [0.29, 0.717) is 4.53 Å². The molecule has 1 aromatic heterocycles. The largest absolute Gasteiger partial charge is 0.508 e. The van der Waals surface area contributed by atoms with Gasteiger partial charge in [0.05, 0.1) is 10.6 Å². The van der Waals surface area contributed by atoms with E-state index in [1.807, 2.05) is 0 Å². The minimum atomic E-state index is -1.22. The normalized spacial score (nSPS) is 26.2. The van der Waals surface area contributed by atoms with Crippen LogP contribution < -0.4 is 25.9 Å². The molecule has 3 rings (SSSR count). The molecule has 32 heavy (non-hydrogen) atoms. The highest BCUT2D eigenvalue weighted by atomic mass is 32.1. The first-order chi connectivity index (χ1) is 15.1. The van der Waals surface area contributed by atoms with Crippen molar-refractivity contribution in [2.24, 2.45) is 10.7 Å². The monoisotopic (exact) mass is 472 g/mol. The van der Waals surface area contributed by atoms with Crippen molar-refractivity contribution in [3.05, 3.63) is 19.7 Å². The molecule has 0 saturated carbocycles. The van der Waals surface area contributed by atoms with Crippen molar-refractivity contribution in [1.29, 1.82) is 0 Å². The summed E-state index contributed by atoms with van der Waals surface area (Å²) < 4.78 is 28.3. The van der Waals surface area contributed by atoms with E-state index in [1.54, 1.807) is 13.8 Å². The van der Waals surface area contributed by atoms with Crippen LogP contribution in [0.3, 0.4) is 0 Å². The average molecular weight is 472 g/mol. The molecule has 1 aromatic rings. The fraction of sp³-hybridized carbons (Fsp3) is 0.611. The number of nitrogens with zero attached hydrogens (tertiary/aromatic N) is 2. The van der Waals surface area contributed by atoms with E-state index in [9.17, 15) is 19.2 Å². The molecule has 0 radical (unpaired) electrons. The van der Waals surface area contributed by atoms with Gasteiger partial charge in [-0.3, -0.25) is 24.7 Å². The van der Waals surface area contributed by atoms with E-state index >= 15 is 0 Å². The maximum absolute atomic E-state index is 12.8. The van der Waals surface area contributed by atoms with Crippen LogP contribution in [0.15, 0.2) is 9.79 Å². The Kier molecular flexibility index (Phi) is 7.16. The van der Waals surface area contributed by atoms with Gasteiger partial charge >= 0.3 is 23.0 Å². The molecule has 2 aliphatic rings. The molecular formula is C18H24N4O9S. The van der Waals surface area contributed by atoms with Gasteiger partial charge in [0.1, 0.15) is 12.7 Å². The highest BCUT2D eigenvalue weighted by Crippen LogP contribution is 2.33. The quantitative estimate of drug-likeness (QED) is 0.362. The lowest BCUT2D eigenvalue weighted by atomic mass is 10.1. The molecule has 176 valence electrons. The molecule has 0 aliphatic carbocycles. The molecule has 0 bridgehead atoms. The zero-order chi connectivity index (χ0) is 23.6. The van der Waals surface area contributed by atoms with Crippen molar-refractivity contribution in [2.75, 3.05) is 6.61 Å². The van der Waals surface area contributed by atoms with Gasteiger partial charge in [0.25, 0.3) is 0 Å². The molecule has 3 heterocycles. The number of nitrogens with two attached hydrogens (primary N) is 1. The zero-order valence-corrected chi connectivity index (χ0v) is 18.6. The minimum Gasteiger partial charge on any atom is -0.455 e. The third kappa shape index (κ3) is 5.26. The Labute approximate surface area is 185 Å². The van der Waals surface area contributed by atoms with Gasteiger partial charge in [-0.2, -0.15) is 0 Å². The molecule has 2 aliphatic heterocycles. The molecule has 13 nitrogen and oxygen atoms in total. The van der Waals surface area contributed by atoms with Gasteiger partial charge in [0, 0.05) is 20.0 Å². The number of ether oxygens (including phenoxy) is 5. The summed E-state index contributed by atoms with van der Waals surface area (Å²) in [5.74, 6) is -1.38. The van der Waals surface area contributed by atoms with Gasteiger partial charge in [-0.1, -0.05) is 11.3 Å². The number of carbonyl (C=O) groups is 3. The van der Waals surface area contributed by atoms with E-state index in [2.05, 4.69) is 10.3 Å². The number of aromatic nitrogens is 1. The predicted molar refractivity (Wildman–Crippen MR) is 108 cm³/mol. The van der Waals surface area contributed by atoms with Crippen LogP contribution in [0.25, 0.3) is 6.20 Å². The number of nitrogens with one attached hydrogen (secondary N) is 1. The van der Waals surface area contributed by atoms with Crippen molar-refractivity contribution in [1.82, 2.24) is 9.88 Å². The van der Waals surface area contributed by atoms with Crippen molar-refractivity contribution >= 4 is 35.6 Å². The summed E-state index contributed by atoms with van der Waals surface area (Å²) in [7, 11) is 0. The second-order valence-corrected chi connectivity index (χ2v) is 8.24. The van der Waals surface area contributed by atoms with Crippen LogP contribution in [0.1, 0.15) is 33.9 Å². The lowest BCUT2D eigenvalue weighted by molar-refractivity contribution is -0.166. The van der Waals surface area contributed by atoms with Crippen LogP contribution >= 0.6 is 11.3 Å². The average Bonchev–Trinajstić information content (AvgIpc) is 3.15. The first-order valence-electron chi connectivity index (χ1n) is 9.71. The lowest BCUT2D eigenvalue weighted by Crippen LogP contribution is -2.48. The Bertz CT molecular complexity index is 1070. The Morgan fingerprint density at radius 2 is 1.91 bits per heavy atom. The van der Waals surface area contributed by atoms with Crippen molar-refractivity contribution in [3.8, 4) is 0 Å². The highest BCUT2D eigenvalue weighted by Gasteiger charge is 2.51. The van der Waals surface area contributed by atoms with E-state index in [0.717, 1.165) is 25.2 Å². The van der Waals surface area contributed by atoms with Crippen LogP contribution in [-0.2, 0) is 33.3 Å². The topological polar surface area (TPSA) is 170 Å². The maximum Gasteiger partial charge on any atom is 0.508 e. The molecule has 3 N–H and O–H groups in total. The van der Waals surface area contributed by atoms with Crippen molar-refractivity contribution < 1.29 is 38.1 Å². The summed E-state index contributed by atoms with van der Waals surface area (Å²) in [5, 5.41) is 2.78. The van der Waals surface area contributed by atoms with Gasteiger partial charge in [-0.25, -0.2) is 9.79 Å². The number of hydrogen-bond acceptors (Lipinski definition) is 13. The van der Waals surface area contributed by atoms with Crippen LogP contribution in [0.2, 0.25) is 0 Å². The smallest absolute Gasteiger partial charge is 0.455 e. The molecule has 0 aromatic carbocycles. The standard InChI is InChI=1S/C18H24N4O9S/c1-7(2)28-18(26)27-6-10-12(29-8(3)23)13(30-9(4)24)15(31-10)22-14-11(32-17(22)25)5-20-16(19)21-14/h5,7,10,12-13,15-16,20H,6,19H2,1-4H3/t10-,12-,13-,15-,16?/m1/s1. The summed E-state index contributed by atoms with van der Waals surface area (Å²) in [6.45, 7) is 5.23. The number of fused-ring (bicyclic) bond motifs is 1. The molecule has 0 spiro atoms. The highest BCUT2D eigenvalue weighted by molar-refractivity contribution is 7.07. The number of carbonyl (C=O) groups excluding carboxylic acids is 3. The van der Waals surface area contributed by atoms with Gasteiger partial charge in [0.2, 0.25) is 0 Å².